The predicted octanol–water partition coefficient (Wildman–Crippen LogP) is 3.57. The summed E-state index contributed by atoms with van der Waals surface area (Å²) in [5.41, 5.74) is 2.50. The van der Waals surface area contributed by atoms with Crippen LogP contribution in [-0.2, 0) is 4.74 Å². The van der Waals surface area contributed by atoms with Gasteiger partial charge in [0.25, 0.3) is 0 Å². The summed E-state index contributed by atoms with van der Waals surface area (Å²) < 4.78 is 6.43. The molecule has 2 aromatic carbocycles. The number of halogens is 1. The molecule has 2 aromatic rings. The third-order valence-corrected chi connectivity index (χ3v) is 3.79. The zero-order valence-electron chi connectivity index (χ0n) is 9.39. The van der Waals surface area contributed by atoms with Crippen molar-refractivity contribution in [2.45, 2.75) is 6.23 Å². The van der Waals surface area contributed by atoms with Crippen LogP contribution in [-0.4, -0.2) is 5.97 Å². The lowest BCUT2D eigenvalue weighted by Crippen LogP contribution is -2.11. The number of rotatable bonds is 2. The van der Waals surface area contributed by atoms with E-state index in [-0.39, 0.29) is 5.97 Å². The van der Waals surface area contributed by atoms with Gasteiger partial charge in [0.1, 0.15) is 0 Å². The Morgan fingerprint density at radius 3 is 2.61 bits per heavy atom. The molecule has 0 aliphatic carbocycles. The monoisotopic (exact) mass is 351 g/mol. The molecule has 0 saturated heterocycles. The molecule has 3 rings (SSSR count). The zero-order chi connectivity index (χ0) is 12.5. The van der Waals surface area contributed by atoms with Crippen LogP contribution >= 0.6 is 22.6 Å². The van der Waals surface area contributed by atoms with Crippen LogP contribution in [0.2, 0.25) is 0 Å². The number of carbonyl (C=O) groups excluding carboxylic acids is 1. The van der Waals surface area contributed by atoms with Crippen molar-refractivity contribution in [3.63, 3.8) is 0 Å². The summed E-state index contributed by atoms with van der Waals surface area (Å²) in [7, 11) is 0. The number of para-hydroxylation sites is 1. The van der Waals surface area contributed by atoms with Crippen LogP contribution in [0, 0.1) is 3.57 Å². The van der Waals surface area contributed by atoms with E-state index in [1.807, 2.05) is 42.5 Å². The maximum absolute atomic E-state index is 11.7. The molecule has 0 bridgehead atoms. The molecule has 90 valence electrons. The molecular weight excluding hydrogens is 341 g/mol. The van der Waals surface area contributed by atoms with Gasteiger partial charge in [-0.3, -0.25) is 0 Å². The summed E-state index contributed by atoms with van der Waals surface area (Å²) >= 11 is 2.25. The van der Waals surface area contributed by atoms with E-state index in [1.165, 1.54) is 0 Å². The number of benzene rings is 2. The van der Waals surface area contributed by atoms with Crippen LogP contribution in [0.1, 0.15) is 22.1 Å². The van der Waals surface area contributed by atoms with Gasteiger partial charge in [-0.05, 0) is 40.8 Å². The summed E-state index contributed by atoms with van der Waals surface area (Å²) in [6, 6.07) is 15.3. The van der Waals surface area contributed by atoms with E-state index in [4.69, 9.17) is 4.74 Å². The average molecular weight is 351 g/mol. The minimum atomic E-state index is -0.399. The van der Waals surface area contributed by atoms with Gasteiger partial charge in [0.15, 0.2) is 0 Å². The molecule has 4 heteroatoms. The number of esters is 1. The SMILES string of the molecule is O=C1O[C@@H](Nc2ccccc2I)c2ccccc21. The lowest BCUT2D eigenvalue weighted by atomic mass is 10.1. The topological polar surface area (TPSA) is 38.3 Å². The summed E-state index contributed by atoms with van der Waals surface area (Å²) in [6.45, 7) is 0. The average Bonchev–Trinajstić information content (AvgIpc) is 2.70. The highest BCUT2D eigenvalue weighted by Crippen LogP contribution is 2.32. The van der Waals surface area contributed by atoms with Crippen molar-refractivity contribution in [2.75, 3.05) is 5.32 Å². The normalized spacial score (nSPS) is 17.2. The van der Waals surface area contributed by atoms with Crippen molar-refractivity contribution in [3.05, 3.63) is 63.2 Å². The van der Waals surface area contributed by atoms with Crippen molar-refractivity contribution >= 4 is 34.2 Å². The molecule has 1 atom stereocenters. The molecular formula is C14H10INO2. The molecule has 1 N–H and O–H groups in total. The molecule has 1 aliphatic heterocycles. The number of ether oxygens (including phenoxy) is 1. The standard InChI is InChI=1S/C14H10INO2/c15-11-7-3-4-8-12(11)16-13-9-5-1-2-6-10(9)14(17)18-13/h1-8,13,16H/t13-/m1/s1. The number of cyclic esters (lactones) is 1. The van der Waals surface area contributed by atoms with Gasteiger partial charge in [0.05, 0.1) is 11.3 Å². The third-order valence-electron chi connectivity index (χ3n) is 2.85. The fraction of sp³-hybridized carbons (Fsp3) is 0.0714. The number of fused-ring (bicyclic) bond motifs is 1. The molecule has 0 spiro atoms. The molecule has 1 aliphatic rings. The van der Waals surface area contributed by atoms with Crippen molar-refractivity contribution in [1.82, 2.24) is 0 Å². The Bertz CT molecular complexity index is 612. The smallest absolute Gasteiger partial charge is 0.340 e. The molecule has 0 radical (unpaired) electrons. The first-order chi connectivity index (χ1) is 8.75. The third kappa shape index (κ3) is 1.96. The molecule has 0 fully saturated rings. The Kier molecular flexibility index (Phi) is 2.95. The minimum absolute atomic E-state index is 0.269. The van der Waals surface area contributed by atoms with Gasteiger partial charge in [0, 0.05) is 9.13 Å². The van der Waals surface area contributed by atoms with Gasteiger partial charge in [-0.25, -0.2) is 4.79 Å². The summed E-state index contributed by atoms with van der Waals surface area (Å²) in [6.07, 6.45) is -0.399. The van der Waals surface area contributed by atoms with Crippen molar-refractivity contribution in [1.29, 1.82) is 0 Å². The summed E-state index contributed by atoms with van der Waals surface area (Å²) in [5, 5.41) is 3.25. The van der Waals surface area contributed by atoms with Gasteiger partial charge >= 0.3 is 5.97 Å². The first kappa shape index (κ1) is 11.5. The summed E-state index contributed by atoms with van der Waals surface area (Å²) in [5.74, 6) is -0.269. The largest absolute Gasteiger partial charge is 0.434 e. The highest BCUT2D eigenvalue weighted by molar-refractivity contribution is 14.1. The number of hydrogen-bond donors (Lipinski definition) is 1. The minimum Gasteiger partial charge on any atom is -0.434 e. The maximum Gasteiger partial charge on any atom is 0.340 e. The van der Waals surface area contributed by atoms with Crippen LogP contribution in [0.15, 0.2) is 48.5 Å². The fourth-order valence-electron chi connectivity index (χ4n) is 1.97. The summed E-state index contributed by atoms with van der Waals surface area (Å²) in [4.78, 5) is 11.7. The first-order valence-electron chi connectivity index (χ1n) is 5.56. The van der Waals surface area contributed by atoms with E-state index in [0.29, 0.717) is 5.56 Å². The molecule has 0 amide bonds. The van der Waals surface area contributed by atoms with Gasteiger partial charge < -0.3 is 10.1 Å². The Morgan fingerprint density at radius 2 is 1.78 bits per heavy atom. The second-order valence-corrected chi connectivity index (χ2v) is 5.16. The second-order valence-electron chi connectivity index (χ2n) is 4.00. The number of carbonyl (C=O) groups is 1. The van der Waals surface area contributed by atoms with E-state index < -0.39 is 6.23 Å². The van der Waals surface area contributed by atoms with Crippen molar-refractivity contribution in [2.24, 2.45) is 0 Å². The molecule has 0 aromatic heterocycles. The van der Waals surface area contributed by atoms with Crippen LogP contribution in [0.25, 0.3) is 0 Å². The number of nitrogens with one attached hydrogen (secondary N) is 1. The second kappa shape index (κ2) is 4.61. The van der Waals surface area contributed by atoms with E-state index in [9.17, 15) is 4.79 Å². The highest BCUT2D eigenvalue weighted by atomic mass is 127. The van der Waals surface area contributed by atoms with E-state index in [0.717, 1.165) is 14.8 Å². The lowest BCUT2D eigenvalue weighted by Gasteiger charge is -2.15. The highest BCUT2D eigenvalue weighted by Gasteiger charge is 2.30. The van der Waals surface area contributed by atoms with Crippen molar-refractivity contribution in [3.8, 4) is 0 Å². The van der Waals surface area contributed by atoms with E-state index >= 15 is 0 Å². The first-order valence-corrected chi connectivity index (χ1v) is 6.64. The van der Waals surface area contributed by atoms with E-state index in [2.05, 4.69) is 27.9 Å². The van der Waals surface area contributed by atoms with Crippen LogP contribution in [0.5, 0.6) is 0 Å². The van der Waals surface area contributed by atoms with Gasteiger partial charge in [-0.1, -0.05) is 30.3 Å². The fourth-order valence-corrected chi connectivity index (χ4v) is 2.52. The van der Waals surface area contributed by atoms with Gasteiger partial charge in [-0.15, -0.1) is 0 Å². The van der Waals surface area contributed by atoms with Crippen LogP contribution in [0.4, 0.5) is 5.69 Å². The van der Waals surface area contributed by atoms with Gasteiger partial charge in [0.2, 0.25) is 6.23 Å². The Hall–Kier alpha value is -1.56. The number of anilines is 1. The molecule has 0 unspecified atom stereocenters. The maximum atomic E-state index is 11.7. The quantitative estimate of drug-likeness (QED) is 0.664. The Labute approximate surface area is 118 Å². The molecule has 18 heavy (non-hydrogen) atoms. The molecule has 3 nitrogen and oxygen atoms in total. The molecule has 0 saturated carbocycles. The van der Waals surface area contributed by atoms with Crippen molar-refractivity contribution < 1.29 is 9.53 Å². The number of hydrogen-bond acceptors (Lipinski definition) is 3. The lowest BCUT2D eigenvalue weighted by molar-refractivity contribution is 0.0437. The van der Waals surface area contributed by atoms with Crippen LogP contribution < -0.4 is 5.32 Å². The van der Waals surface area contributed by atoms with E-state index in [1.54, 1.807) is 6.07 Å². The zero-order valence-corrected chi connectivity index (χ0v) is 11.5. The van der Waals surface area contributed by atoms with Gasteiger partial charge in [-0.2, -0.15) is 0 Å². The molecule has 1 heterocycles. The van der Waals surface area contributed by atoms with Crippen LogP contribution in [0.3, 0.4) is 0 Å². The Morgan fingerprint density at radius 1 is 1.06 bits per heavy atom. The Balaban J connectivity index is 1.92. The predicted molar refractivity (Wildman–Crippen MR) is 77.4 cm³/mol.